The van der Waals surface area contributed by atoms with Gasteiger partial charge in [0.25, 0.3) is 0 Å². The molecule has 2 aromatic carbocycles. The smallest absolute Gasteiger partial charge is 0.237 e. The number of carbonyl (C=O) groups is 1. The first kappa shape index (κ1) is 19.5. The number of anilines is 1. The Morgan fingerprint density at radius 3 is 2.67 bits per heavy atom. The molecule has 1 atom stereocenters. The highest BCUT2D eigenvalue weighted by atomic mass is 35.5. The lowest BCUT2D eigenvalue weighted by atomic mass is 10.1. The van der Waals surface area contributed by atoms with Crippen molar-refractivity contribution in [2.75, 3.05) is 5.32 Å². The average Bonchev–Trinajstić information content (AvgIpc) is 3.03. The van der Waals surface area contributed by atoms with Crippen LogP contribution in [-0.2, 0) is 17.8 Å². The van der Waals surface area contributed by atoms with Crippen LogP contribution in [0.3, 0.4) is 0 Å². The summed E-state index contributed by atoms with van der Waals surface area (Å²) in [6.45, 7) is 4.66. The molecule has 1 amide bonds. The van der Waals surface area contributed by atoms with Crippen LogP contribution in [0.5, 0.6) is 0 Å². The lowest BCUT2D eigenvalue weighted by Crippen LogP contribution is -2.23. The van der Waals surface area contributed by atoms with Crippen LogP contribution in [0, 0.1) is 0 Å². The van der Waals surface area contributed by atoms with Gasteiger partial charge in [-0.3, -0.25) is 4.79 Å². The van der Waals surface area contributed by atoms with Crippen molar-refractivity contribution in [2.24, 2.45) is 0 Å². The number of thioether (sulfide) groups is 1. The number of amides is 1. The molecule has 0 unspecified atom stereocenters. The Balaban J connectivity index is 1.68. The number of nitrogens with one attached hydrogen (secondary N) is 1. The zero-order valence-corrected chi connectivity index (χ0v) is 16.8. The SMILES string of the molecule is CCn1c(Cc2ccccc2)nnc1S[C@@H](C)C(=O)Nc1cccc(Cl)c1. The van der Waals surface area contributed by atoms with Crippen LogP contribution in [0.1, 0.15) is 25.2 Å². The molecule has 0 bridgehead atoms. The van der Waals surface area contributed by atoms with Gasteiger partial charge < -0.3 is 9.88 Å². The number of benzene rings is 2. The quantitative estimate of drug-likeness (QED) is 0.586. The maximum absolute atomic E-state index is 12.5. The molecule has 1 N–H and O–H groups in total. The third kappa shape index (κ3) is 5.11. The van der Waals surface area contributed by atoms with Gasteiger partial charge in [0, 0.05) is 23.7 Å². The number of nitrogens with zero attached hydrogens (tertiary/aromatic N) is 3. The highest BCUT2D eigenvalue weighted by molar-refractivity contribution is 8.00. The minimum atomic E-state index is -0.317. The number of hydrogen-bond donors (Lipinski definition) is 1. The van der Waals surface area contributed by atoms with Gasteiger partial charge in [0.1, 0.15) is 5.82 Å². The summed E-state index contributed by atoms with van der Waals surface area (Å²) in [5, 5.41) is 12.5. The lowest BCUT2D eigenvalue weighted by Gasteiger charge is -2.13. The zero-order valence-electron chi connectivity index (χ0n) is 15.2. The van der Waals surface area contributed by atoms with Crippen molar-refractivity contribution in [2.45, 2.75) is 37.2 Å². The molecular formula is C20H21ClN4OS. The second-order valence-electron chi connectivity index (χ2n) is 6.07. The molecule has 3 rings (SSSR count). The lowest BCUT2D eigenvalue weighted by molar-refractivity contribution is -0.115. The molecule has 140 valence electrons. The summed E-state index contributed by atoms with van der Waals surface area (Å²) in [6, 6.07) is 17.3. The molecule has 3 aromatic rings. The summed E-state index contributed by atoms with van der Waals surface area (Å²) < 4.78 is 2.06. The van der Waals surface area contributed by atoms with E-state index in [4.69, 9.17) is 11.6 Å². The summed E-state index contributed by atoms with van der Waals surface area (Å²) >= 11 is 7.37. The normalized spacial score (nSPS) is 12.0. The van der Waals surface area contributed by atoms with E-state index in [-0.39, 0.29) is 11.2 Å². The van der Waals surface area contributed by atoms with E-state index in [9.17, 15) is 4.79 Å². The van der Waals surface area contributed by atoms with E-state index < -0.39 is 0 Å². The molecular weight excluding hydrogens is 380 g/mol. The zero-order chi connectivity index (χ0) is 19.2. The Morgan fingerprint density at radius 2 is 1.96 bits per heavy atom. The van der Waals surface area contributed by atoms with Gasteiger partial charge in [-0.05, 0) is 37.6 Å². The molecule has 27 heavy (non-hydrogen) atoms. The molecule has 0 fully saturated rings. The van der Waals surface area contributed by atoms with Gasteiger partial charge in [-0.2, -0.15) is 0 Å². The minimum absolute atomic E-state index is 0.0995. The highest BCUT2D eigenvalue weighted by Gasteiger charge is 2.20. The fraction of sp³-hybridized carbons (Fsp3) is 0.250. The van der Waals surface area contributed by atoms with Crippen LogP contribution in [0.15, 0.2) is 59.8 Å². The maximum Gasteiger partial charge on any atom is 0.237 e. The predicted molar refractivity (Wildman–Crippen MR) is 110 cm³/mol. The molecule has 0 aliphatic carbocycles. The number of carbonyl (C=O) groups excluding carboxylic acids is 1. The molecule has 1 heterocycles. The second kappa shape index (κ2) is 9.06. The Labute approximate surface area is 168 Å². The van der Waals surface area contributed by atoms with Crippen molar-refractivity contribution in [1.82, 2.24) is 14.8 Å². The van der Waals surface area contributed by atoms with Crippen molar-refractivity contribution in [3.63, 3.8) is 0 Å². The van der Waals surface area contributed by atoms with E-state index in [1.807, 2.05) is 31.2 Å². The van der Waals surface area contributed by atoms with E-state index in [1.54, 1.807) is 18.2 Å². The monoisotopic (exact) mass is 400 g/mol. The number of rotatable bonds is 7. The topological polar surface area (TPSA) is 59.8 Å². The van der Waals surface area contributed by atoms with Crippen LogP contribution in [0.2, 0.25) is 5.02 Å². The van der Waals surface area contributed by atoms with Crippen LogP contribution in [0.4, 0.5) is 5.69 Å². The third-order valence-corrected chi connectivity index (χ3v) is 5.37. The summed E-state index contributed by atoms with van der Waals surface area (Å²) in [4.78, 5) is 12.5. The van der Waals surface area contributed by atoms with Gasteiger partial charge in [0.05, 0.1) is 5.25 Å². The van der Waals surface area contributed by atoms with E-state index in [0.717, 1.165) is 17.5 Å². The van der Waals surface area contributed by atoms with Gasteiger partial charge in [-0.15, -0.1) is 10.2 Å². The molecule has 0 saturated carbocycles. The van der Waals surface area contributed by atoms with Crippen LogP contribution >= 0.6 is 23.4 Å². The predicted octanol–water partition coefficient (Wildman–Crippen LogP) is 4.66. The van der Waals surface area contributed by atoms with Crippen LogP contribution in [0.25, 0.3) is 0 Å². The highest BCUT2D eigenvalue weighted by Crippen LogP contribution is 2.25. The summed E-state index contributed by atoms with van der Waals surface area (Å²) in [5.74, 6) is 0.797. The standard InChI is InChI=1S/C20H21ClN4OS/c1-3-25-18(12-15-8-5-4-6-9-15)23-24-20(25)27-14(2)19(26)22-17-11-7-10-16(21)13-17/h4-11,13-14H,3,12H2,1-2H3,(H,22,26)/t14-/m0/s1. The number of aromatic nitrogens is 3. The maximum atomic E-state index is 12.5. The van der Waals surface area contributed by atoms with Crippen molar-refractivity contribution in [1.29, 1.82) is 0 Å². The molecule has 0 radical (unpaired) electrons. The van der Waals surface area contributed by atoms with E-state index in [1.165, 1.54) is 17.3 Å². The van der Waals surface area contributed by atoms with Gasteiger partial charge in [-0.25, -0.2) is 0 Å². The first-order valence-corrected chi connectivity index (χ1v) is 10.0. The fourth-order valence-electron chi connectivity index (χ4n) is 2.65. The Bertz CT molecular complexity index is 913. The van der Waals surface area contributed by atoms with Crippen LogP contribution < -0.4 is 5.32 Å². The van der Waals surface area contributed by atoms with Crippen molar-refractivity contribution in [3.8, 4) is 0 Å². The van der Waals surface area contributed by atoms with Gasteiger partial charge in [0.15, 0.2) is 5.16 Å². The van der Waals surface area contributed by atoms with Crippen molar-refractivity contribution < 1.29 is 4.79 Å². The van der Waals surface area contributed by atoms with Crippen molar-refractivity contribution in [3.05, 3.63) is 71.0 Å². The minimum Gasteiger partial charge on any atom is -0.325 e. The van der Waals surface area contributed by atoms with E-state index in [0.29, 0.717) is 17.1 Å². The molecule has 0 saturated heterocycles. The first-order valence-electron chi connectivity index (χ1n) is 8.76. The summed E-state index contributed by atoms with van der Waals surface area (Å²) in [5.41, 5.74) is 1.87. The molecule has 0 aliphatic heterocycles. The summed E-state index contributed by atoms with van der Waals surface area (Å²) in [7, 11) is 0. The Hall–Kier alpha value is -2.31. The van der Waals surface area contributed by atoms with E-state index >= 15 is 0 Å². The molecule has 0 spiro atoms. The molecule has 7 heteroatoms. The van der Waals surface area contributed by atoms with E-state index in [2.05, 4.69) is 39.1 Å². The van der Waals surface area contributed by atoms with Crippen molar-refractivity contribution >= 4 is 35.0 Å². The fourth-order valence-corrected chi connectivity index (χ4v) is 3.78. The number of halogens is 1. The average molecular weight is 401 g/mol. The third-order valence-electron chi connectivity index (χ3n) is 4.06. The second-order valence-corrected chi connectivity index (χ2v) is 7.81. The summed E-state index contributed by atoms with van der Waals surface area (Å²) in [6.07, 6.45) is 0.714. The largest absolute Gasteiger partial charge is 0.325 e. The molecule has 5 nitrogen and oxygen atoms in total. The van der Waals surface area contributed by atoms with Gasteiger partial charge in [0.2, 0.25) is 5.91 Å². The molecule has 0 aliphatic rings. The Morgan fingerprint density at radius 1 is 1.19 bits per heavy atom. The molecule has 1 aromatic heterocycles. The van der Waals surface area contributed by atoms with Gasteiger partial charge in [-0.1, -0.05) is 59.8 Å². The number of hydrogen-bond acceptors (Lipinski definition) is 4. The Kier molecular flexibility index (Phi) is 6.53. The first-order chi connectivity index (χ1) is 13.1. The van der Waals surface area contributed by atoms with Gasteiger partial charge >= 0.3 is 0 Å². The van der Waals surface area contributed by atoms with Crippen LogP contribution in [-0.4, -0.2) is 25.9 Å².